The second kappa shape index (κ2) is 10.3. The normalized spacial score (nSPS) is 15.0. The molecule has 1 saturated heterocycles. The molecule has 8 heteroatoms. The first kappa shape index (κ1) is 21.9. The van der Waals surface area contributed by atoms with Gasteiger partial charge in [0.05, 0.1) is 13.1 Å². The maximum atomic E-state index is 13.3. The number of carbonyl (C=O) groups is 2. The van der Waals surface area contributed by atoms with Crippen molar-refractivity contribution in [3.05, 3.63) is 65.7 Å². The van der Waals surface area contributed by atoms with Crippen molar-refractivity contribution >= 4 is 17.5 Å². The van der Waals surface area contributed by atoms with Crippen molar-refractivity contribution in [3.63, 3.8) is 0 Å². The van der Waals surface area contributed by atoms with Crippen LogP contribution >= 0.6 is 0 Å². The zero-order chi connectivity index (χ0) is 21.5. The molecule has 0 unspecified atom stereocenters. The Hall–Kier alpha value is -2.84. The minimum Gasteiger partial charge on any atom is -0.340 e. The molecular formula is C22H26F2N4O2. The fourth-order valence-corrected chi connectivity index (χ4v) is 3.35. The Labute approximate surface area is 175 Å². The van der Waals surface area contributed by atoms with Gasteiger partial charge < -0.3 is 10.2 Å². The zero-order valence-electron chi connectivity index (χ0n) is 17.0. The van der Waals surface area contributed by atoms with E-state index in [1.165, 1.54) is 36.4 Å². The number of benzene rings is 2. The number of anilines is 1. The third kappa shape index (κ3) is 6.60. The molecule has 6 nitrogen and oxygen atoms in total. The second-order valence-corrected chi connectivity index (χ2v) is 7.49. The van der Waals surface area contributed by atoms with Crippen LogP contribution in [-0.4, -0.2) is 72.8 Å². The van der Waals surface area contributed by atoms with Crippen LogP contribution in [0.2, 0.25) is 0 Å². The molecule has 1 heterocycles. The number of amides is 2. The second-order valence-electron chi connectivity index (χ2n) is 7.49. The van der Waals surface area contributed by atoms with E-state index < -0.39 is 0 Å². The average Bonchev–Trinajstić information content (AvgIpc) is 2.71. The number of hydrogen-bond donors (Lipinski definition) is 1. The van der Waals surface area contributed by atoms with Gasteiger partial charge in [-0.15, -0.1) is 0 Å². The van der Waals surface area contributed by atoms with E-state index in [9.17, 15) is 18.4 Å². The minimum atomic E-state index is -0.347. The molecule has 0 spiro atoms. The molecule has 2 aromatic carbocycles. The lowest BCUT2D eigenvalue weighted by Crippen LogP contribution is -2.51. The van der Waals surface area contributed by atoms with Gasteiger partial charge >= 0.3 is 0 Å². The highest BCUT2D eigenvalue weighted by Crippen LogP contribution is 2.10. The van der Waals surface area contributed by atoms with Gasteiger partial charge in [-0.05, 0) is 42.0 Å². The van der Waals surface area contributed by atoms with Crippen LogP contribution < -0.4 is 5.32 Å². The van der Waals surface area contributed by atoms with Crippen molar-refractivity contribution in [2.45, 2.75) is 6.54 Å². The molecule has 1 fully saturated rings. The molecule has 2 aromatic rings. The molecule has 0 saturated carbocycles. The van der Waals surface area contributed by atoms with Crippen LogP contribution in [0.15, 0.2) is 48.5 Å². The predicted octanol–water partition coefficient (Wildman–Crippen LogP) is 2.18. The Morgan fingerprint density at radius 1 is 0.933 bits per heavy atom. The number of piperazine rings is 1. The molecule has 1 aliphatic heterocycles. The van der Waals surface area contributed by atoms with E-state index in [0.29, 0.717) is 45.0 Å². The maximum Gasteiger partial charge on any atom is 0.238 e. The van der Waals surface area contributed by atoms with Crippen molar-refractivity contribution in [1.82, 2.24) is 14.7 Å². The molecule has 0 bridgehead atoms. The standard InChI is InChI=1S/C22H26F2N4O2/c1-26(14-17-3-2-4-19(24)13-17)22(30)16-28-11-9-27(10-12-28)15-21(29)25-20-7-5-18(23)6-8-20/h2-8,13H,9-12,14-16H2,1H3,(H,25,29). The molecule has 2 amide bonds. The van der Waals surface area contributed by atoms with E-state index in [-0.39, 0.29) is 30.0 Å². The third-order valence-corrected chi connectivity index (χ3v) is 5.05. The first-order valence-electron chi connectivity index (χ1n) is 9.87. The van der Waals surface area contributed by atoms with Crippen LogP contribution in [0.3, 0.4) is 0 Å². The molecule has 1 N–H and O–H groups in total. The van der Waals surface area contributed by atoms with Crippen molar-refractivity contribution < 1.29 is 18.4 Å². The summed E-state index contributed by atoms with van der Waals surface area (Å²) in [5.41, 5.74) is 1.31. The molecule has 0 radical (unpaired) electrons. The quantitative estimate of drug-likeness (QED) is 0.752. The molecule has 3 rings (SSSR count). The fourth-order valence-electron chi connectivity index (χ4n) is 3.35. The largest absolute Gasteiger partial charge is 0.340 e. The number of halogens is 2. The number of hydrogen-bond acceptors (Lipinski definition) is 4. The predicted molar refractivity (Wildman–Crippen MR) is 111 cm³/mol. The summed E-state index contributed by atoms with van der Waals surface area (Å²) < 4.78 is 26.2. The fraction of sp³-hybridized carbons (Fsp3) is 0.364. The molecule has 160 valence electrons. The van der Waals surface area contributed by atoms with E-state index in [1.54, 1.807) is 24.1 Å². The molecule has 0 aliphatic carbocycles. The van der Waals surface area contributed by atoms with E-state index in [2.05, 4.69) is 10.2 Å². The SMILES string of the molecule is CN(Cc1cccc(F)c1)C(=O)CN1CCN(CC(=O)Nc2ccc(F)cc2)CC1. The Kier molecular flexibility index (Phi) is 7.48. The van der Waals surface area contributed by atoms with Gasteiger partial charge in [0.2, 0.25) is 11.8 Å². The Bertz CT molecular complexity index is 868. The molecule has 0 aromatic heterocycles. The summed E-state index contributed by atoms with van der Waals surface area (Å²) in [7, 11) is 1.71. The molecule has 30 heavy (non-hydrogen) atoms. The van der Waals surface area contributed by atoms with Gasteiger partial charge in [-0.2, -0.15) is 0 Å². The highest BCUT2D eigenvalue weighted by molar-refractivity contribution is 5.92. The summed E-state index contributed by atoms with van der Waals surface area (Å²) in [6.45, 7) is 3.63. The number of nitrogens with one attached hydrogen (secondary N) is 1. The highest BCUT2D eigenvalue weighted by atomic mass is 19.1. The van der Waals surface area contributed by atoms with E-state index >= 15 is 0 Å². The lowest BCUT2D eigenvalue weighted by Gasteiger charge is -2.34. The summed E-state index contributed by atoms with van der Waals surface area (Å²) in [5.74, 6) is -0.837. The number of likely N-dealkylation sites (N-methyl/N-ethyl adjacent to an activating group) is 1. The van der Waals surface area contributed by atoms with Gasteiger partial charge in [0, 0.05) is 45.5 Å². The maximum absolute atomic E-state index is 13.3. The number of carbonyl (C=O) groups excluding carboxylic acids is 2. The number of nitrogens with zero attached hydrogens (tertiary/aromatic N) is 3. The Morgan fingerprint density at radius 3 is 2.20 bits per heavy atom. The summed E-state index contributed by atoms with van der Waals surface area (Å²) in [6.07, 6.45) is 0. The van der Waals surface area contributed by atoms with Gasteiger partial charge in [0.1, 0.15) is 11.6 Å². The van der Waals surface area contributed by atoms with Gasteiger partial charge in [-0.1, -0.05) is 12.1 Å². The van der Waals surface area contributed by atoms with E-state index in [0.717, 1.165) is 5.56 Å². The molecular weight excluding hydrogens is 390 g/mol. The average molecular weight is 416 g/mol. The van der Waals surface area contributed by atoms with Crippen LogP contribution in [0, 0.1) is 11.6 Å². The van der Waals surface area contributed by atoms with Crippen LogP contribution in [-0.2, 0) is 16.1 Å². The van der Waals surface area contributed by atoms with Crippen molar-refractivity contribution in [1.29, 1.82) is 0 Å². The zero-order valence-corrected chi connectivity index (χ0v) is 17.0. The smallest absolute Gasteiger partial charge is 0.238 e. The van der Waals surface area contributed by atoms with Crippen molar-refractivity contribution in [2.75, 3.05) is 51.6 Å². The van der Waals surface area contributed by atoms with Gasteiger partial charge in [0.25, 0.3) is 0 Å². The van der Waals surface area contributed by atoms with E-state index in [4.69, 9.17) is 0 Å². The third-order valence-electron chi connectivity index (χ3n) is 5.05. The first-order chi connectivity index (χ1) is 14.4. The molecule has 1 aliphatic rings. The Morgan fingerprint density at radius 2 is 1.57 bits per heavy atom. The lowest BCUT2D eigenvalue weighted by atomic mass is 10.2. The van der Waals surface area contributed by atoms with E-state index in [1.807, 2.05) is 4.90 Å². The van der Waals surface area contributed by atoms with Crippen molar-refractivity contribution in [3.8, 4) is 0 Å². The lowest BCUT2D eigenvalue weighted by molar-refractivity contribution is -0.132. The van der Waals surface area contributed by atoms with Crippen LogP contribution in [0.25, 0.3) is 0 Å². The van der Waals surface area contributed by atoms with Crippen LogP contribution in [0.4, 0.5) is 14.5 Å². The summed E-state index contributed by atoms with van der Waals surface area (Å²) >= 11 is 0. The summed E-state index contributed by atoms with van der Waals surface area (Å²) in [6, 6.07) is 11.9. The topological polar surface area (TPSA) is 55.9 Å². The van der Waals surface area contributed by atoms with Crippen LogP contribution in [0.1, 0.15) is 5.56 Å². The monoisotopic (exact) mass is 416 g/mol. The summed E-state index contributed by atoms with van der Waals surface area (Å²) in [4.78, 5) is 30.3. The highest BCUT2D eigenvalue weighted by Gasteiger charge is 2.22. The Balaban J connectivity index is 1.38. The minimum absolute atomic E-state index is 0.0261. The first-order valence-corrected chi connectivity index (χ1v) is 9.87. The summed E-state index contributed by atoms with van der Waals surface area (Å²) in [5, 5.41) is 2.75. The van der Waals surface area contributed by atoms with Crippen LogP contribution in [0.5, 0.6) is 0 Å². The number of rotatable bonds is 7. The van der Waals surface area contributed by atoms with Crippen molar-refractivity contribution in [2.24, 2.45) is 0 Å². The van der Waals surface area contributed by atoms with Gasteiger partial charge in [-0.25, -0.2) is 8.78 Å². The van der Waals surface area contributed by atoms with Gasteiger partial charge in [0.15, 0.2) is 0 Å². The molecule has 0 atom stereocenters. The van der Waals surface area contributed by atoms with Gasteiger partial charge in [-0.3, -0.25) is 19.4 Å².